The van der Waals surface area contributed by atoms with Crippen molar-refractivity contribution in [2.45, 2.75) is 13.1 Å². The van der Waals surface area contributed by atoms with Crippen LogP contribution in [0.15, 0.2) is 54.7 Å². The van der Waals surface area contributed by atoms with Crippen molar-refractivity contribution in [3.63, 3.8) is 0 Å². The Morgan fingerprint density at radius 3 is 2.43 bits per heavy atom. The summed E-state index contributed by atoms with van der Waals surface area (Å²) in [5, 5.41) is 3.41. The lowest BCUT2D eigenvalue weighted by molar-refractivity contribution is -0.137. The number of aromatic nitrogens is 1. The number of aromatic amines is 1. The summed E-state index contributed by atoms with van der Waals surface area (Å²) in [6.45, 7) is 1.96. The molecule has 0 atom stereocenters. The number of alkyl halides is 3. The highest BCUT2D eigenvalue weighted by atomic mass is 19.4. The SMILES string of the molecule is CCN(C(=O)CNC(=O)c1ccc(C(F)(F)F)cc1)c1ccc2[nH]ccc2c1. The highest BCUT2D eigenvalue weighted by Gasteiger charge is 2.30. The molecule has 5 nitrogen and oxygen atoms in total. The van der Waals surface area contributed by atoms with Crippen molar-refractivity contribution in [1.29, 1.82) is 0 Å². The molecular weight excluding hydrogens is 371 g/mol. The zero-order chi connectivity index (χ0) is 20.3. The van der Waals surface area contributed by atoms with Crippen molar-refractivity contribution in [2.24, 2.45) is 0 Å². The van der Waals surface area contributed by atoms with Gasteiger partial charge in [0.1, 0.15) is 0 Å². The van der Waals surface area contributed by atoms with E-state index in [0.29, 0.717) is 12.2 Å². The van der Waals surface area contributed by atoms with Crippen molar-refractivity contribution < 1.29 is 22.8 Å². The number of nitrogens with one attached hydrogen (secondary N) is 2. The highest BCUT2D eigenvalue weighted by Crippen LogP contribution is 2.29. The van der Waals surface area contributed by atoms with E-state index in [-0.39, 0.29) is 18.0 Å². The fraction of sp³-hybridized carbons (Fsp3) is 0.200. The third-order valence-corrected chi connectivity index (χ3v) is 4.34. The Balaban J connectivity index is 1.65. The van der Waals surface area contributed by atoms with Crippen LogP contribution in [0, 0.1) is 0 Å². The number of nitrogens with zero attached hydrogens (tertiary/aromatic N) is 1. The summed E-state index contributed by atoms with van der Waals surface area (Å²) < 4.78 is 37.8. The smallest absolute Gasteiger partial charge is 0.361 e. The molecule has 0 fully saturated rings. The van der Waals surface area contributed by atoms with Gasteiger partial charge in [0.25, 0.3) is 5.91 Å². The predicted molar refractivity (Wildman–Crippen MR) is 100 cm³/mol. The van der Waals surface area contributed by atoms with Crippen LogP contribution in [0.2, 0.25) is 0 Å². The summed E-state index contributed by atoms with van der Waals surface area (Å²) in [5.74, 6) is -0.933. The van der Waals surface area contributed by atoms with Crippen molar-refractivity contribution in [2.75, 3.05) is 18.0 Å². The number of anilines is 1. The van der Waals surface area contributed by atoms with Gasteiger partial charge in [0, 0.05) is 34.9 Å². The number of halogens is 3. The standard InChI is InChI=1S/C20H18F3N3O2/c1-2-26(16-7-8-17-14(11-16)9-10-24-17)18(27)12-25-19(28)13-3-5-15(6-4-13)20(21,22)23/h3-11,24H,2,12H2,1H3,(H,25,28). The third-order valence-electron chi connectivity index (χ3n) is 4.34. The Bertz CT molecular complexity index is 994. The minimum Gasteiger partial charge on any atom is -0.361 e. The number of benzene rings is 2. The molecule has 0 spiro atoms. The summed E-state index contributed by atoms with van der Waals surface area (Å²) in [6.07, 6.45) is -2.66. The number of hydrogen-bond donors (Lipinski definition) is 2. The van der Waals surface area contributed by atoms with E-state index in [4.69, 9.17) is 0 Å². The summed E-state index contributed by atoms with van der Waals surface area (Å²) in [5.41, 5.74) is 0.862. The number of likely N-dealkylation sites (N-methyl/N-ethyl adjacent to an activating group) is 1. The molecule has 0 aliphatic heterocycles. The lowest BCUT2D eigenvalue weighted by Crippen LogP contribution is -2.40. The quantitative estimate of drug-likeness (QED) is 0.694. The average Bonchev–Trinajstić information content (AvgIpc) is 3.14. The Hall–Kier alpha value is -3.29. The van der Waals surface area contributed by atoms with E-state index in [9.17, 15) is 22.8 Å². The molecule has 1 heterocycles. The molecule has 8 heteroatoms. The maximum absolute atomic E-state index is 12.6. The molecule has 2 N–H and O–H groups in total. The Morgan fingerprint density at radius 2 is 1.79 bits per heavy atom. The van der Waals surface area contributed by atoms with Gasteiger partial charge in [0.05, 0.1) is 12.1 Å². The molecular formula is C20H18F3N3O2. The van der Waals surface area contributed by atoms with Crippen LogP contribution in [0.1, 0.15) is 22.8 Å². The minimum absolute atomic E-state index is 0.0533. The number of fused-ring (bicyclic) bond motifs is 1. The topological polar surface area (TPSA) is 65.2 Å². The predicted octanol–water partition coefficient (Wildman–Crippen LogP) is 3.97. The molecule has 28 heavy (non-hydrogen) atoms. The number of rotatable bonds is 5. The minimum atomic E-state index is -4.47. The van der Waals surface area contributed by atoms with Crippen LogP contribution in [0.25, 0.3) is 10.9 Å². The summed E-state index contributed by atoms with van der Waals surface area (Å²) in [4.78, 5) is 29.3. The Labute approximate surface area is 159 Å². The van der Waals surface area contributed by atoms with Crippen LogP contribution in [0.5, 0.6) is 0 Å². The van der Waals surface area contributed by atoms with Crippen LogP contribution in [-0.4, -0.2) is 29.9 Å². The van der Waals surface area contributed by atoms with E-state index < -0.39 is 17.6 Å². The maximum atomic E-state index is 12.6. The first-order valence-electron chi connectivity index (χ1n) is 8.62. The molecule has 0 saturated heterocycles. The normalized spacial score (nSPS) is 11.4. The second-order valence-corrected chi connectivity index (χ2v) is 6.15. The monoisotopic (exact) mass is 389 g/mol. The van der Waals surface area contributed by atoms with Gasteiger partial charge < -0.3 is 15.2 Å². The number of carbonyl (C=O) groups is 2. The first-order valence-corrected chi connectivity index (χ1v) is 8.62. The molecule has 0 saturated carbocycles. The van der Waals surface area contributed by atoms with Gasteiger partial charge in [-0.1, -0.05) is 0 Å². The molecule has 146 valence electrons. The van der Waals surface area contributed by atoms with Crippen LogP contribution in [0.4, 0.5) is 18.9 Å². The molecule has 0 aliphatic carbocycles. The van der Waals surface area contributed by atoms with Crippen LogP contribution < -0.4 is 10.2 Å². The Morgan fingerprint density at radius 1 is 1.07 bits per heavy atom. The summed E-state index contributed by atoms with van der Waals surface area (Å²) in [6, 6.07) is 11.3. The van der Waals surface area contributed by atoms with Crippen LogP contribution >= 0.6 is 0 Å². The zero-order valence-corrected chi connectivity index (χ0v) is 15.0. The number of amides is 2. The average molecular weight is 389 g/mol. The van der Waals surface area contributed by atoms with E-state index in [1.165, 1.54) is 4.90 Å². The van der Waals surface area contributed by atoms with Crippen LogP contribution in [-0.2, 0) is 11.0 Å². The van der Waals surface area contributed by atoms with Gasteiger partial charge in [-0.3, -0.25) is 9.59 Å². The van der Waals surface area contributed by atoms with E-state index in [1.807, 2.05) is 25.1 Å². The molecule has 0 bridgehead atoms. The number of hydrogen-bond acceptors (Lipinski definition) is 2. The first kappa shape index (κ1) is 19.5. The largest absolute Gasteiger partial charge is 0.416 e. The highest BCUT2D eigenvalue weighted by molar-refractivity contribution is 6.01. The van der Waals surface area contributed by atoms with Crippen molar-refractivity contribution in [1.82, 2.24) is 10.3 Å². The molecule has 2 aromatic carbocycles. The molecule has 3 rings (SSSR count). The Kier molecular flexibility index (Phi) is 5.39. The van der Waals surface area contributed by atoms with Gasteiger partial charge >= 0.3 is 6.18 Å². The van der Waals surface area contributed by atoms with Crippen molar-refractivity contribution in [3.8, 4) is 0 Å². The van der Waals surface area contributed by atoms with Gasteiger partial charge in [-0.25, -0.2) is 0 Å². The lowest BCUT2D eigenvalue weighted by atomic mass is 10.1. The maximum Gasteiger partial charge on any atom is 0.416 e. The third kappa shape index (κ3) is 4.16. The zero-order valence-electron chi connectivity index (χ0n) is 15.0. The van der Waals surface area contributed by atoms with Gasteiger partial charge in [0.2, 0.25) is 5.91 Å². The van der Waals surface area contributed by atoms with Crippen molar-refractivity contribution >= 4 is 28.4 Å². The van der Waals surface area contributed by atoms with Crippen molar-refractivity contribution in [3.05, 3.63) is 65.9 Å². The van der Waals surface area contributed by atoms with Crippen LogP contribution in [0.3, 0.4) is 0 Å². The fourth-order valence-electron chi connectivity index (χ4n) is 2.88. The summed E-state index contributed by atoms with van der Waals surface area (Å²) >= 11 is 0. The van der Waals surface area contributed by atoms with Gasteiger partial charge in [-0.05, 0) is 55.5 Å². The fourth-order valence-corrected chi connectivity index (χ4v) is 2.88. The number of H-pyrrole nitrogens is 1. The first-order chi connectivity index (χ1) is 13.3. The van der Waals surface area contributed by atoms with E-state index in [0.717, 1.165) is 35.2 Å². The van der Waals surface area contributed by atoms with Gasteiger partial charge in [-0.15, -0.1) is 0 Å². The molecule has 1 aromatic heterocycles. The molecule has 2 amide bonds. The number of carbonyl (C=O) groups excluding carboxylic acids is 2. The van der Waals surface area contributed by atoms with E-state index in [2.05, 4.69) is 10.3 Å². The van der Waals surface area contributed by atoms with Gasteiger partial charge in [0.15, 0.2) is 0 Å². The molecule has 0 aliphatic rings. The molecule has 0 unspecified atom stereocenters. The van der Waals surface area contributed by atoms with E-state index >= 15 is 0 Å². The van der Waals surface area contributed by atoms with E-state index in [1.54, 1.807) is 12.3 Å². The molecule has 0 radical (unpaired) electrons. The molecule has 3 aromatic rings. The lowest BCUT2D eigenvalue weighted by Gasteiger charge is -2.21. The van der Waals surface area contributed by atoms with Gasteiger partial charge in [-0.2, -0.15) is 13.2 Å². The second kappa shape index (κ2) is 7.75. The summed E-state index contributed by atoms with van der Waals surface area (Å²) in [7, 11) is 0. The second-order valence-electron chi connectivity index (χ2n) is 6.15.